The Hall–Kier alpha value is -2.74. The normalized spacial score (nSPS) is 10.5. The number of rotatable bonds is 6. The fraction of sp³-hybridized carbons (Fsp3) is 0.188. The third-order valence-electron chi connectivity index (χ3n) is 3.24. The first kappa shape index (κ1) is 16.1. The predicted molar refractivity (Wildman–Crippen MR) is 92.5 cm³/mol. The minimum absolute atomic E-state index is 0.130. The molecule has 0 saturated carbocycles. The lowest BCUT2D eigenvalue weighted by Crippen LogP contribution is -2.15. The second kappa shape index (κ2) is 7.69. The number of carbonyl (C=O) groups is 1. The number of hydrogen-bond donors (Lipinski definition) is 1. The van der Waals surface area contributed by atoms with Crippen molar-refractivity contribution in [2.75, 3.05) is 11.1 Å². The summed E-state index contributed by atoms with van der Waals surface area (Å²) in [5, 5.41) is 11.9. The molecule has 0 aromatic carbocycles. The smallest absolute Gasteiger partial charge is 0.236 e. The summed E-state index contributed by atoms with van der Waals surface area (Å²) in [6.45, 7) is 2.74. The van der Waals surface area contributed by atoms with Crippen LogP contribution in [0.25, 0.3) is 11.4 Å². The van der Waals surface area contributed by atoms with Crippen LogP contribution in [-0.4, -0.2) is 36.4 Å². The van der Waals surface area contributed by atoms with Crippen LogP contribution in [-0.2, 0) is 11.3 Å². The molecule has 0 aliphatic heterocycles. The lowest BCUT2D eigenvalue weighted by Gasteiger charge is -2.07. The third kappa shape index (κ3) is 3.77. The second-order valence-corrected chi connectivity index (χ2v) is 5.78. The van der Waals surface area contributed by atoms with Crippen molar-refractivity contribution in [2.24, 2.45) is 0 Å². The van der Waals surface area contributed by atoms with Crippen LogP contribution in [0.1, 0.15) is 6.92 Å². The molecule has 1 N–H and O–H groups in total. The first-order valence-corrected chi connectivity index (χ1v) is 8.43. The Labute approximate surface area is 143 Å². The van der Waals surface area contributed by atoms with Crippen LogP contribution >= 0.6 is 11.8 Å². The summed E-state index contributed by atoms with van der Waals surface area (Å²) in [7, 11) is 0. The zero-order valence-electron chi connectivity index (χ0n) is 13.1. The van der Waals surface area contributed by atoms with E-state index in [-0.39, 0.29) is 11.7 Å². The number of carbonyl (C=O) groups excluding carboxylic acids is 1. The Morgan fingerprint density at radius 3 is 2.71 bits per heavy atom. The number of nitrogens with one attached hydrogen (secondary N) is 1. The van der Waals surface area contributed by atoms with Gasteiger partial charge >= 0.3 is 0 Å². The zero-order valence-corrected chi connectivity index (χ0v) is 13.9. The molecular weight excluding hydrogens is 324 g/mol. The molecule has 3 aromatic heterocycles. The van der Waals surface area contributed by atoms with Crippen LogP contribution in [0.3, 0.4) is 0 Å². The monoisotopic (exact) mass is 340 g/mol. The van der Waals surface area contributed by atoms with E-state index in [2.05, 4.69) is 25.5 Å². The fourth-order valence-electron chi connectivity index (χ4n) is 2.14. The second-order valence-electron chi connectivity index (χ2n) is 4.84. The van der Waals surface area contributed by atoms with Crippen LogP contribution in [0, 0.1) is 0 Å². The Morgan fingerprint density at radius 1 is 1.17 bits per heavy atom. The Kier molecular flexibility index (Phi) is 5.17. The first-order chi connectivity index (χ1) is 11.8. The quantitative estimate of drug-likeness (QED) is 0.694. The summed E-state index contributed by atoms with van der Waals surface area (Å²) in [5.41, 5.74) is 0.948. The molecule has 0 aliphatic rings. The van der Waals surface area contributed by atoms with Gasteiger partial charge in [-0.3, -0.25) is 9.78 Å². The Balaban J connectivity index is 1.67. The summed E-state index contributed by atoms with van der Waals surface area (Å²) in [6.07, 6.45) is 5.08. The average molecular weight is 340 g/mol. The number of aromatic nitrogens is 5. The van der Waals surface area contributed by atoms with Crippen molar-refractivity contribution in [1.29, 1.82) is 0 Å². The van der Waals surface area contributed by atoms with Crippen molar-refractivity contribution in [2.45, 2.75) is 18.6 Å². The number of thioether (sulfide) groups is 1. The van der Waals surface area contributed by atoms with Gasteiger partial charge in [-0.15, -0.1) is 10.2 Å². The van der Waals surface area contributed by atoms with E-state index in [0.717, 1.165) is 17.9 Å². The van der Waals surface area contributed by atoms with E-state index in [9.17, 15) is 4.79 Å². The summed E-state index contributed by atoms with van der Waals surface area (Å²) >= 11 is 1.35. The molecule has 1 amide bonds. The summed E-state index contributed by atoms with van der Waals surface area (Å²) in [6, 6.07) is 9.15. The number of nitrogens with zero attached hydrogens (tertiary/aromatic N) is 5. The van der Waals surface area contributed by atoms with Gasteiger partial charge in [0.1, 0.15) is 5.82 Å². The van der Waals surface area contributed by atoms with Crippen molar-refractivity contribution in [3.63, 3.8) is 0 Å². The van der Waals surface area contributed by atoms with Gasteiger partial charge in [0, 0.05) is 30.7 Å². The van der Waals surface area contributed by atoms with Gasteiger partial charge in [0.25, 0.3) is 0 Å². The van der Waals surface area contributed by atoms with Gasteiger partial charge in [-0.25, -0.2) is 4.98 Å². The molecule has 0 saturated heterocycles. The fourth-order valence-corrected chi connectivity index (χ4v) is 2.94. The standard InChI is InChI=1S/C16H16N6OS/c1-2-22-15(12-6-9-17-10-7-12)20-21-16(22)24-11-14(23)19-13-5-3-4-8-18-13/h3-10H,2,11H2,1H3,(H,18,19,23). The molecule has 3 rings (SSSR count). The van der Waals surface area contributed by atoms with E-state index in [1.165, 1.54) is 11.8 Å². The van der Waals surface area contributed by atoms with Crippen molar-refractivity contribution >= 4 is 23.5 Å². The highest BCUT2D eigenvalue weighted by Gasteiger charge is 2.14. The molecule has 3 aromatic rings. The minimum atomic E-state index is -0.130. The van der Waals surface area contributed by atoms with Crippen LogP contribution in [0.15, 0.2) is 54.1 Å². The maximum absolute atomic E-state index is 12.0. The topological polar surface area (TPSA) is 85.6 Å². The predicted octanol–water partition coefficient (Wildman–Crippen LogP) is 2.49. The third-order valence-corrected chi connectivity index (χ3v) is 4.20. The van der Waals surface area contributed by atoms with Crippen molar-refractivity contribution in [3.05, 3.63) is 48.9 Å². The lowest BCUT2D eigenvalue weighted by molar-refractivity contribution is -0.113. The van der Waals surface area contributed by atoms with E-state index >= 15 is 0 Å². The molecule has 24 heavy (non-hydrogen) atoms. The van der Waals surface area contributed by atoms with Gasteiger partial charge in [0.15, 0.2) is 11.0 Å². The molecule has 7 nitrogen and oxygen atoms in total. The SMILES string of the molecule is CCn1c(SCC(=O)Nc2ccccn2)nnc1-c1ccncc1. The van der Waals surface area contributed by atoms with Crippen molar-refractivity contribution < 1.29 is 4.79 Å². The number of pyridine rings is 2. The van der Waals surface area contributed by atoms with Crippen LogP contribution in [0.5, 0.6) is 0 Å². The first-order valence-electron chi connectivity index (χ1n) is 7.45. The maximum Gasteiger partial charge on any atom is 0.236 e. The molecule has 0 atom stereocenters. The maximum atomic E-state index is 12.0. The lowest BCUT2D eigenvalue weighted by atomic mass is 10.2. The molecule has 0 spiro atoms. The molecular formula is C16H16N6OS. The molecule has 3 heterocycles. The highest BCUT2D eigenvalue weighted by Crippen LogP contribution is 2.23. The zero-order chi connectivity index (χ0) is 16.8. The van der Waals surface area contributed by atoms with E-state index < -0.39 is 0 Å². The highest BCUT2D eigenvalue weighted by molar-refractivity contribution is 7.99. The Morgan fingerprint density at radius 2 is 2.00 bits per heavy atom. The van der Waals surface area contributed by atoms with Crippen LogP contribution in [0.4, 0.5) is 5.82 Å². The van der Waals surface area contributed by atoms with Crippen molar-refractivity contribution in [1.82, 2.24) is 24.7 Å². The van der Waals surface area contributed by atoms with Crippen molar-refractivity contribution in [3.8, 4) is 11.4 Å². The average Bonchev–Trinajstić information content (AvgIpc) is 3.04. The Bertz CT molecular complexity index is 806. The molecule has 0 fully saturated rings. The molecule has 0 bridgehead atoms. The largest absolute Gasteiger partial charge is 0.310 e. The van der Waals surface area contributed by atoms with E-state index in [1.54, 1.807) is 30.7 Å². The van der Waals surface area contributed by atoms with E-state index in [0.29, 0.717) is 11.0 Å². The number of hydrogen-bond acceptors (Lipinski definition) is 6. The molecule has 0 aliphatic carbocycles. The summed E-state index contributed by atoms with van der Waals surface area (Å²) in [4.78, 5) is 20.1. The number of amides is 1. The summed E-state index contributed by atoms with van der Waals surface area (Å²) in [5.74, 6) is 1.42. The molecule has 0 radical (unpaired) electrons. The van der Waals surface area contributed by atoms with Crippen LogP contribution < -0.4 is 5.32 Å². The van der Waals surface area contributed by atoms with Gasteiger partial charge in [-0.2, -0.15) is 0 Å². The van der Waals surface area contributed by atoms with E-state index in [1.807, 2.05) is 29.7 Å². The van der Waals surface area contributed by atoms with Gasteiger partial charge in [-0.1, -0.05) is 17.8 Å². The highest BCUT2D eigenvalue weighted by atomic mass is 32.2. The van der Waals surface area contributed by atoms with Gasteiger partial charge in [-0.05, 0) is 31.2 Å². The van der Waals surface area contributed by atoms with Gasteiger partial charge < -0.3 is 9.88 Å². The molecule has 8 heteroatoms. The van der Waals surface area contributed by atoms with E-state index in [4.69, 9.17) is 0 Å². The molecule has 122 valence electrons. The summed E-state index contributed by atoms with van der Waals surface area (Å²) < 4.78 is 1.98. The van der Waals surface area contributed by atoms with Crippen LogP contribution in [0.2, 0.25) is 0 Å². The molecule has 0 unspecified atom stereocenters. The number of anilines is 1. The van der Waals surface area contributed by atoms with Gasteiger partial charge in [0.2, 0.25) is 5.91 Å². The minimum Gasteiger partial charge on any atom is -0.310 e. The van der Waals surface area contributed by atoms with Gasteiger partial charge in [0.05, 0.1) is 5.75 Å².